The molecule has 0 aromatic heterocycles. The summed E-state index contributed by atoms with van der Waals surface area (Å²) >= 11 is 9.12. The van der Waals surface area contributed by atoms with Gasteiger partial charge in [0.1, 0.15) is 0 Å². The molecule has 0 saturated carbocycles. The zero-order chi connectivity index (χ0) is 7.56. The predicted octanol–water partition coefficient (Wildman–Crippen LogP) is 2.98. The molecule has 0 saturated heterocycles. The molecule has 0 radical (unpaired) electrons. The van der Waals surface area contributed by atoms with Gasteiger partial charge in [-0.3, -0.25) is 0 Å². The summed E-state index contributed by atoms with van der Waals surface area (Å²) in [6.07, 6.45) is 0. The summed E-state index contributed by atoms with van der Waals surface area (Å²) < 4.78 is 1.01. The van der Waals surface area contributed by atoms with Gasteiger partial charge in [-0.25, -0.2) is 0 Å². The Labute approximate surface area is 85.5 Å². The minimum Gasteiger partial charge on any atom is -0.326 e. The van der Waals surface area contributed by atoms with Crippen LogP contribution in [-0.4, -0.2) is 0 Å². The van der Waals surface area contributed by atoms with E-state index in [4.69, 9.17) is 17.3 Å². The SMILES string of the molecule is Cl.NCc1cc(Br)ccc1Cl. The van der Waals surface area contributed by atoms with Crippen LogP contribution in [0.2, 0.25) is 5.02 Å². The second-order valence-corrected chi connectivity index (χ2v) is 3.26. The highest BCUT2D eigenvalue weighted by atomic mass is 79.9. The van der Waals surface area contributed by atoms with E-state index < -0.39 is 0 Å². The molecule has 0 amide bonds. The van der Waals surface area contributed by atoms with E-state index >= 15 is 0 Å². The maximum Gasteiger partial charge on any atom is 0.0451 e. The second-order valence-electron chi connectivity index (χ2n) is 1.94. The van der Waals surface area contributed by atoms with Gasteiger partial charge in [-0.05, 0) is 23.8 Å². The standard InChI is InChI=1S/C7H7BrClN.ClH/c8-6-1-2-7(9)5(3-6)4-10;/h1-3H,4,10H2;1H. The fraction of sp³-hybridized carbons (Fsp3) is 0.143. The Kier molecular flexibility index (Phi) is 5.10. The van der Waals surface area contributed by atoms with E-state index in [1.54, 1.807) is 0 Å². The number of hydrogen-bond acceptors (Lipinski definition) is 1. The molecule has 4 heteroatoms. The van der Waals surface area contributed by atoms with Crippen molar-refractivity contribution in [3.8, 4) is 0 Å². The zero-order valence-electron chi connectivity index (χ0n) is 5.68. The topological polar surface area (TPSA) is 26.0 Å². The molecule has 1 aromatic rings. The molecule has 0 aliphatic carbocycles. The van der Waals surface area contributed by atoms with Crippen LogP contribution in [-0.2, 0) is 6.54 Å². The number of benzene rings is 1. The van der Waals surface area contributed by atoms with Gasteiger partial charge in [0.25, 0.3) is 0 Å². The molecule has 11 heavy (non-hydrogen) atoms. The molecule has 0 aliphatic rings. The molecule has 1 rings (SSSR count). The summed E-state index contributed by atoms with van der Waals surface area (Å²) in [4.78, 5) is 0. The molecule has 1 nitrogen and oxygen atoms in total. The first-order valence-electron chi connectivity index (χ1n) is 2.88. The van der Waals surface area contributed by atoms with E-state index in [-0.39, 0.29) is 12.4 Å². The summed E-state index contributed by atoms with van der Waals surface area (Å²) in [7, 11) is 0. The molecule has 62 valence electrons. The largest absolute Gasteiger partial charge is 0.326 e. The predicted molar refractivity (Wildman–Crippen MR) is 54.3 cm³/mol. The quantitative estimate of drug-likeness (QED) is 0.822. The van der Waals surface area contributed by atoms with Crippen LogP contribution >= 0.6 is 39.9 Å². The van der Waals surface area contributed by atoms with E-state index in [2.05, 4.69) is 15.9 Å². The fourth-order valence-corrected chi connectivity index (χ4v) is 1.30. The summed E-state index contributed by atoms with van der Waals surface area (Å²) in [5.41, 5.74) is 6.38. The molecule has 0 heterocycles. The summed E-state index contributed by atoms with van der Waals surface area (Å²) in [5, 5.41) is 0.728. The van der Waals surface area contributed by atoms with Crippen molar-refractivity contribution in [3.05, 3.63) is 33.3 Å². The van der Waals surface area contributed by atoms with E-state index in [0.29, 0.717) is 6.54 Å². The molecule has 0 aliphatic heterocycles. The van der Waals surface area contributed by atoms with Crippen LogP contribution in [0.4, 0.5) is 0 Å². The van der Waals surface area contributed by atoms with Crippen molar-refractivity contribution in [1.82, 2.24) is 0 Å². The van der Waals surface area contributed by atoms with Gasteiger partial charge in [-0.2, -0.15) is 0 Å². The van der Waals surface area contributed by atoms with Gasteiger partial charge in [0, 0.05) is 16.0 Å². The number of rotatable bonds is 1. The average Bonchev–Trinajstić information content (AvgIpc) is 1.94. The third-order valence-corrected chi connectivity index (χ3v) is 2.09. The van der Waals surface area contributed by atoms with E-state index in [9.17, 15) is 0 Å². The summed E-state index contributed by atoms with van der Waals surface area (Å²) in [6, 6.07) is 5.64. The first-order valence-corrected chi connectivity index (χ1v) is 4.05. The van der Waals surface area contributed by atoms with Gasteiger partial charge in [-0.15, -0.1) is 12.4 Å². The first kappa shape index (κ1) is 11.2. The zero-order valence-corrected chi connectivity index (χ0v) is 8.84. The first-order chi connectivity index (χ1) is 4.74. The van der Waals surface area contributed by atoms with Crippen LogP contribution in [0.25, 0.3) is 0 Å². The Morgan fingerprint density at radius 3 is 2.55 bits per heavy atom. The van der Waals surface area contributed by atoms with Gasteiger partial charge in [0.15, 0.2) is 0 Å². The van der Waals surface area contributed by atoms with Crippen molar-refractivity contribution in [1.29, 1.82) is 0 Å². The van der Waals surface area contributed by atoms with Crippen molar-refractivity contribution >= 4 is 39.9 Å². The Balaban J connectivity index is 0.000001000. The van der Waals surface area contributed by atoms with Gasteiger partial charge in [-0.1, -0.05) is 27.5 Å². The number of nitrogens with two attached hydrogens (primary N) is 1. The lowest BCUT2D eigenvalue weighted by Gasteiger charge is -1.99. The summed E-state index contributed by atoms with van der Waals surface area (Å²) in [6.45, 7) is 0.484. The average molecular weight is 257 g/mol. The van der Waals surface area contributed by atoms with E-state index in [1.165, 1.54) is 0 Å². The van der Waals surface area contributed by atoms with Crippen LogP contribution in [0.3, 0.4) is 0 Å². The lowest BCUT2D eigenvalue weighted by atomic mass is 10.2. The fourth-order valence-electron chi connectivity index (χ4n) is 0.700. The molecule has 0 fully saturated rings. The van der Waals surface area contributed by atoms with Gasteiger partial charge in [0.05, 0.1) is 0 Å². The van der Waals surface area contributed by atoms with Crippen molar-refractivity contribution in [2.75, 3.05) is 0 Å². The van der Waals surface area contributed by atoms with Crippen molar-refractivity contribution < 1.29 is 0 Å². The van der Waals surface area contributed by atoms with Crippen LogP contribution in [0.15, 0.2) is 22.7 Å². The van der Waals surface area contributed by atoms with Crippen LogP contribution in [0.5, 0.6) is 0 Å². The normalized spacial score (nSPS) is 9.00. The highest BCUT2D eigenvalue weighted by molar-refractivity contribution is 9.10. The molecular weight excluding hydrogens is 249 g/mol. The second kappa shape index (κ2) is 4.99. The van der Waals surface area contributed by atoms with Crippen LogP contribution < -0.4 is 5.73 Å². The molecule has 1 aromatic carbocycles. The van der Waals surface area contributed by atoms with Crippen LogP contribution in [0.1, 0.15) is 5.56 Å². The van der Waals surface area contributed by atoms with Gasteiger partial charge >= 0.3 is 0 Å². The molecule has 0 bridgehead atoms. The lowest BCUT2D eigenvalue weighted by molar-refractivity contribution is 1.07. The van der Waals surface area contributed by atoms with Crippen molar-refractivity contribution in [3.63, 3.8) is 0 Å². The van der Waals surface area contributed by atoms with Crippen LogP contribution in [0, 0.1) is 0 Å². The maximum atomic E-state index is 5.80. The van der Waals surface area contributed by atoms with E-state index in [1.807, 2.05) is 18.2 Å². The summed E-state index contributed by atoms with van der Waals surface area (Å²) in [5.74, 6) is 0. The van der Waals surface area contributed by atoms with Gasteiger partial charge < -0.3 is 5.73 Å². The molecule has 0 atom stereocenters. The Bertz CT molecular complexity index is 240. The highest BCUT2D eigenvalue weighted by Crippen LogP contribution is 2.19. The number of hydrogen-bond donors (Lipinski definition) is 1. The monoisotopic (exact) mass is 255 g/mol. The van der Waals surface area contributed by atoms with Gasteiger partial charge in [0.2, 0.25) is 0 Å². The Hall–Kier alpha value is 0.240. The number of halogens is 3. The van der Waals surface area contributed by atoms with Crippen molar-refractivity contribution in [2.45, 2.75) is 6.54 Å². The molecule has 0 unspecified atom stereocenters. The van der Waals surface area contributed by atoms with E-state index in [0.717, 1.165) is 15.1 Å². The van der Waals surface area contributed by atoms with Crippen molar-refractivity contribution in [2.24, 2.45) is 5.73 Å². The highest BCUT2D eigenvalue weighted by Gasteiger charge is 1.96. The molecular formula is C7H8BrCl2N. The Morgan fingerprint density at radius 2 is 2.09 bits per heavy atom. The lowest BCUT2D eigenvalue weighted by Crippen LogP contribution is -1.96. The Morgan fingerprint density at radius 1 is 1.45 bits per heavy atom. The minimum atomic E-state index is 0. The maximum absolute atomic E-state index is 5.80. The molecule has 2 N–H and O–H groups in total. The third-order valence-electron chi connectivity index (χ3n) is 1.23. The minimum absolute atomic E-state index is 0. The smallest absolute Gasteiger partial charge is 0.0451 e. The third kappa shape index (κ3) is 2.99. The molecule has 0 spiro atoms.